The average Bonchev–Trinajstić information content (AvgIpc) is 3.26. The van der Waals surface area contributed by atoms with Crippen LogP contribution in [0.5, 0.6) is 0 Å². The molecule has 0 aromatic heterocycles. The molecule has 1 aliphatic rings. The van der Waals surface area contributed by atoms with Crippen LogP contribution in [-0.4, -0.2) is 8.07 Å². The van der Waals surface area contributed by atoms with Crippen LogP contribution in [0.25, 0.3) is 0 Å². The van der Waals surface area contributed by atoms with E-state index in [0.717, 1.165) is 6.42 Å². The second kappa shape index (κ2) is 14.4. The standard InChI is InChI=1S/C32H37Si.3ClH.Ti/c1-23(2)26-12-9-17-30(20-26)33(29-15-7-8-16-29,31-18-10-13-27(21-31)24(3)4)32-19-11-14-28(22-32)25(5)6;;;;/h7,9-15,17-25H,8H2,1-6H3;3*1H;. The van der Waals surface area contributed by atoms with E-state index in [2.05, 4.69) is 147 Å². The van der Waals surface area contributed by atoms with Crippen molar-refractivity contribution < 1.29 is 20.4 Å². The van der Waals surface area contributed by atoms with Crippen LogP contribution in [0.3, 0.4) is 0 Å². The van der Waals surface area contributed by atoms with E-state index in [-0.39, 0.29) is 37.2 Å². The second-order valence-electron chi connectivity index (χ2n) is 10.6. The van der Waals surface area contributed by atoms with Crippen molar-refractivity contribution in [3.05, 3.63) is 111 Å². The van der Waals surface area contributed by atoms with Crippen molar-refractivity contribution in [1.82, 2.24) is 0 Å². The molecule has 0 radical (unpaired) electrons. The van der Waals surface area contributed by atoms with Gasteiger partial charge in [0.15, 0.2) is 0 Å². The van der Waals surface area contributed by atoms with E-state index in [1.54, 1.807) is 5.20 Å². The van der Waals surface area contributed by atoms with E-state index < -0.39 is 8.07 Å². The monoisotopic (exact) mass is 605 g/mol. The van der Waals surface area contributed by atoms with Crippen LogP contribution in [0.15, 0.2) is 94.0 Å². The van der Waals surface area contributed by atoms with Crippen LogP contribution >= 0.6 is 37.2 Å². The summed E-state index contributed by atoms with van der Waals surface area (Å²) in [6.45, 7) is 13.8. The van der Waals surface area contributed by atoms with Crippen molar-refractivity contribution in [2.24, 2.45) is 0 Å². The Balaban J connectivity index is 0.00000228. The smallest absolute Gasteiger partial charge is 0.147 e. The maximum Gasteiger partial charge on any atom is -0.147 e. The quantitative estimate of drug-likeness (QED) is 0.188. The number of hydrogen-bond donors (Lipinski definition) is 0. The van der Waals surface area contributed by atoms with Gasteiger partial charge in [0.1, 0.15) is 0 Å². The van der Waals surface area contributed by atoms with E-state index in [1.807, 2.05) is 0 Å². The number of allylic oxidation sites excluding steroid dienone is 4. The first-order chi connectivity index (χ1) is 16.2. The minimum atomic E-state index is -2.49. The van der Waals surface area contributed by atoms with Gasteiger partial charge in [0.05, 0.1) is 0 Å². The van der Waals surface area contributed by atoms with Gasteiger partial charge in [-0.05, 0) is 0 Å². The predicted octanol–water partition coefficient (Wildman–Crippen LogP) is 8.09. The number of hydrogen-bond acceptors (Lipinski definition) is 0. The van der Waals surface area contributed by atoms with Crippen molar-refractivity contribution in [2.75, 3.05) is 0 Å². The van der Waals surface area contributed by atoms with Gasteiger partial charge in [-0.1, -0.05) is 0 Å². The van der Waals surface area contributed by atoms with Gasteiger partial charge in [0, 0.05) is 0 Å². The molecular weight excluding hydrogens is 567 g/mol. The topological polar surface area (TPSA) is 0 Å². The number of rotatable bonds is 7. The number of benzene rings is 3. The Bertz CT molecular complexity index is 1120. The molecular formula is C32H40Cl3SiTi. The van der Waals surface area contributed by atoms with E-state index in [1.165, 1.54) is 36.1 Å². The summed E-state index contributed by atoms with van der Waals surface area (Å²) >= 11 is 2.35. The van der Waals surface area contributed by atoms with Crippen molar-refractivity contribution in [3.8, 4) is 0 Å². The zero-order chi connectivity index (χ0) is 24.5. The molecule has 4 rings (SSSR count). The normalized spacial score (nSPS) is 13.0. The number of halogens is 3. The summed E-state index contributed by atoms with van der Waals surface area (Å²) in [6.07, 6.45) is 5.88. The third kappa shape index (κ3) is 6.75. The van der Waals surface area contributed by atoms with Crippen LogP contribution in [0.4, 0.5) is 0 Å². The molecule has 0 aliphatic heterocycles. The van der Waals surface area contributed by atoms with Crippen LogP contribution in [0.1, 0.15) is 82.4 Å². The predicted molar refractivity (Wildman–Crippen MR) is 169 cm³/mol. The fraction of sp³-hybridized carbons (Fsp3) is 0.312. The molecule has 1 aliphatic carbocycles. The first kappa shape index (κ1) is 34.0. The molecule has 0 heterocycles. The Morgan fingerprint density at radius 3 is 1.22 bits per heavy atom. The average molecular weight is 607 g/mol. The Hall–Kier alpha value is -1.06. The maximum absolute atomic E-state index is 2.52. The molecule has 0 nitrogen and oxygen atoms in total. The summed E-state index contributed by atoms with van der Waals surface area (Å²) in [4.78, 5) is 0. The molecule has 0 bridgehead atoms. The molecule has 5 heteroatoms. The summed E-state index contributed by atoms with van der Waals surface area (Å²) < 4.78 is 1.52. The molecule has 0 saturated heterocycles. The molecule has 0 atom stereocenters. The first-order valence-corrected chi connectivity index (χ1v) is 15.5. The Labute approximate surface area is 256 Å². The molecule has 0 spiro atoms. The summed E-state index contributed by atoms with van der Waals surface area (Å²) in [5.41, 5.74) is 4.28. The molecule has 0 amide bonds. The van der Waals surface area contributed by atoms with Gasteiger partial charge in [-0.3, -0.25) is 0 Å². The maximum atomic E-state index is 2.52. The summed E-state index contributed by atoms with van der Waals surface area (Å²) in [5, 5.41) is 6.07. The van der Waals surface area contributed by atoms with Gasteiger partial charge in [-0.15, -0.1) is 37.2 Å². The second-order valence-corrected chi connectivity index (χ2v) is 15.3. The molecule has 0 N–H and O–H groups in total. The van der Waals surface area contributed by atoms with Crippen molar-refractivity contribution in [2.45, 2.75) is 65.7 Å². The van der Waals surface area contributed by atoms with Crippen LogP contribution in [-0.2, 0) is 20.4 Å². The van der Waals surface area contributed by atoms with Crippen molar-refractivity contribution >= 4 is 60.9 Å². The van der Waals surface area contributed by atoms with Crippen LogP contribution in [0.2, 0.25) is 0 Å². The minimum absolute atomic E-state index is 0. The van der Waals surface area contributed by atoms with E-state index >= 15 is 0 Å². The zero-order valence-electron chi connectivity index (χ0n) is 22.7. The molecule has 0 fully saturated rings. The van der Waals surface area contributed by atoms with Gasteiger partial charge in [0.25, 0.3) is 0 Å². The SMILES string of the molecule is CC(C)c1cccc([Si](C2=[C]([Ti])CC=C2)(c2cccc(C(C)C)c2)c2cccc(C(C)C)c2)c1.Cl.Cl.Cl. The van der Waals surface area contributed by atoms with E-state index in [0.29, 0.717) is 17.8 Å². The Kier molecular flexibility index (Phi) is 13.2. The molecule has 0 unspecified atom stereocenters. The fourth-order valence-corrected chi connectivity index (χ4v) is 11.5. The van der Waals surface area contributed by atoms with Gasteiger partial charge in [0.2, 0.25) is 0 Å². The van der Waals surface area contributed by atoms with Gasteiger partial charge >= 0.3 is 220 Å². The third-order valence-corrected chi connectivity index (χ3v) is 13.2. The minimum Gasteiger partial charge on any atom is -0.147 e. The van der Waals surface area contributed by atoms with Gasteiger partial charge in [-0.25, -0.2) is 0 Å². The Morgan fingerprint density at radius 2 is 0.946 bits per heavy atom. The Morgan fingerprint density at radius 1 is 0.595 bits per heavy atom. The largest absolute Gasteiger partial charge is 0.147 e. The van der Waals surface area contributed by atoms with Crippen LogP contribution < -0.4 is 15.6 Å². The molecule has 37 heavy (non-hydrogen) atoms. The van der Waals surface area contributed by atoms with E-state index in [9.17, 15) is 0 Å². The molecule has 197 valence electrons. The molecule has 0 saturated carbocycles. The van der Waals surface area contributed by atoms with E-state index in [4.69, 9.17) is 0 Å². The summed E-state index contributed by atoms with van der Waals surface area (Å²) in [6, 6.07) is 28.6. The van der Waals surface area contributed by atoms with Crippen molar-refractivity contribution in [1.29, 1.82) is 0 Å². The van der Waals surface area contributed by atoms with Crippen molar-refractivity contribution in [3.63, 3.8) is 0 Å². The van der Waals surface area contributed by atoms with Crippen LogP contribution in [0, 0.1) is 0 Å². The molecule has 3 aromatic carbocycles. The van der Waals surface area contributed by atoms with Gasteiger partial charge in [-0.2, -0.15) is 0 Å². The first-order valence-electron chi connectivity index (χ1n) is 12.7. The third-order valence-electron chi connectivity index (χ3n) is 7.29. The fourth-order valence-electron chi connectivity index (χ4n) is 5.22. The summed E-state index contributed by atoms with van der Waals surface area (Å²) in [7, 11) is -2.49. The summed E-state index contributed by atoms with van der Waals surface area (Å²) in [5.74, 6) is 1.51. The molecule has 3 aromatic rings. The zero-order valence-corrected chi connectivity index (χ0v) is 27.8. The van der Waals surface area contributed by atoms with Gasteiger partial charge < -0.3 is 0 Å².